The van der Waals surface area contributed by atoms with E-state index in [0.717, 1.165) is 4.57 Å². The molecule has 0 aliphatic carbocycles. The average molecular weight is 466 g/mol. The topological polar surface area (TPSA) is 107 Å². The van der Waals surface area contributed by atoms with Gasteiger partial charge in [-0.15, -0.1) is 13.2 Å². The highest BCUT2D eigenvalue weighted by Gasteiger charge is 2.19. The zero-order valence-electron chi connectivity index (χ0n) is 19.5. The molecule has 34 heavy (non-hydrogen) atoms. The molecule has 0 fully saturated rings. The van der Waals surface area contributed by atoms with Crippen molar-refractivity contribution in [1.82, 2.24) is 18.7 Å². The smallest absolute Gasteiger partial charge is 0.333 e. The predicted octanol–water partition coefficient (Wildman–Crippen LogP) is 2.38. The van der Waals surface area contributed by atoms with Crippen LogP contribution in [0.1, 0.15) is 18.3 Å². The Bertz CT molecular complexity index is 1400. The Balaban J connectivity index is 2.17. The van der Waals surface area contributed by atoms with Gasteiger partial charge < -0.3 is 18.8 Å². The molecule has 0 saturated heterocycles. The maximum atomic E-state index is 13.0. The molecule has 0 aliphatic rings. The lowest BCUT2D eigenvalue weighted by molar-refractivity contribution is -0.132. The molecule has 0 bridgehead atoms. The van der Waals surface area contributed by atoms with Crippen molar-refractivity contribution < 1.29 is 19.0 Å². The summed E-state index contributed by atoms with van der Waals surface area (Å²) in [4.78, 5) is 41.8. The molecule has 0 aliphatic heterocycles. The lowest BCUT2D eigenvalue weighted by atomic mass is 10.1. The highest BCUT2D eigenvalue weighted by molar-refractivity contribution is 5.78. The van der Waals surface area contributed by atoms with Gasteiger partial charge in [-0.2, -0.15) is 0 Å². The van der Waals surface area contributed by atoms with E-state index in [0.29, 0.717) is 22.9 Å². The third-order valence-corrected chi connectivity index (χ3v) is 5.05. The van der Waals surface area contributed by atoms with E-state index >= 15 is 0 Å². The Morgan fingerprint density at radius 1 is 1.03 bits per heavy atom. The number of hydrogen-bond donors (Lipinski definition) is 0. The first kappa shape index (κ1) is 24.3. The number of nitrogens with zero attached hydrogens (tertiary/aromatic N) is 4. The van der Waals surface area contributed by atoms with E-state index in [-0.39, 0.29) is 30.0 Å². The minimum absolute atomic E-state index is 0.0787. The minimum atomic E-state index is -0.507. The molecular formula is C24H26N4O6. The van der Waals surface area contributed by atoms with E-state index < -0.39 is 17.2 Å². The fourth-order valence-electron chi connectivity index (χ4n) is 3.52. The van der Waals surface area contributed by atoms with Gasteiger partial charge in [-0.25, -0.2) is 9.78 Å². The van der Waals surface area contributed by atoms with Crippen molar-refractivity contribution in [2.24, 2.45) is 7.05 Å². The molecule has 2 heterocycles. The summed E-state index contributed by atoms with van der Waals surface area (Å²) in [5, 5.41) is 0. The first-order valence-corrected chi connectivity index (χ1v) is 10.3. The standard InChI is InChI=1S/C24H26N4O6/c1-7-11-27-22-20(23(30)28(12-8-2)24(27)31)26(4)19(25-22)10-9-16-13-17(32-5)21(34-15(3)29)18(14-16)33-6/h7-10,13-14H,1-2,11-12H2,3-6H3. The number of rotatable bonds is 9. The number of carbonyl (C=O) groups excluding carboxylic acids is 1. The number of hydrogen-bond acceptors (Lipinski definition) is 7. The molecule has 10 heteroatoms. The molecule has 0 N–H and O–H groups in total. The Morgan fingerprint density at radius 3 is 2.15 bits per heavy atom. The Morgan fingerprint density at radius 2 is 1.62 bits per heavy atom. The predicted molar refractivity (Wildman–Crippen MR) is 129 cm³/mol. The zero-order chi connectivity index (χ0) is 25.0. The lowest BCUT2D eigenvalue weighted by Gasteiger charge is -2.13. The number of carbonyl (C=O) groups is 1. The Labute approximate surface area is 195 Å². The van der Waals surface area contributed by atoms with Crippen molar-refractivity contribution in [3.8, 4) is 17.2 Å². The Hall–Kier alpha value is -4.34. The fourth-order valence-corrected chi connectivity index (χ4v) is 3.52. The normalized spacial score (nSPS) is 11.1. The summed E-state index contributed by atoms with van der Waals surface area (Å²) >= 11 is 0. The first-order valence-electron chi connectivity index (χ1n) is 10.3. The van der Waals surface area contributed by atoms with Crippen LogP contribution in [-0.4, -0.2) is 38.9 Å². The van der Waals surface area contributed by atoms with Crippen LogP contribution in [0.3, 0.4) is 0 Å². The molecule has 3 rings (SSSR count). The van der Waals surface area contributed by atoms with E-state index in [1.807, 2.05) is 0 Å². The van der Waals surface area contributed by atoms with Crippen LogP contribution in [0.2, 0.25) is 0 Å². The van der Waals surface area contributed by atoms with Crippen molar-refractivity contribution in [2.75, 3.05) is 14.2 Å². The van der Waals surface area contributed by atoms with Crippen molar-refractivity contribution in [2.45, 2.75) is 20.0 Å². The van der Waals surface area contributed by atoms with Gasteiger partial charge in [0.15, 0.2) is 22.7 Å². The summed E-state index contributed by atoms with van der Waals surface area (Å²) in [6.45, 7) is 8.88. The van der Waals surface area contributed by atoms with Gasteiger partial charge in [-0.1, -0.05) is 18.2 Å². The van der Waals surface area contributed by atoms with Crippen LogP contribution in [0.15, 0.2) is 47.0 Å². The molecule has 0 spiro atoms. The van der Waals surface area contributed by atoms with Gasteiger partial charge in [0.2, 0.25) is 5.75 Å². The van der Waals surface area contributed by atoms with E-state index in [2.05, 4.69) is 18.1 Å². The second kappa shape index (κ2) is 10.1. The monoisotopic (exact) mass is 466 g/mol. The van der Waals surface area contributed by atoms with Gasteiger partial charge in [0.25, 0.3) is 5.56 Å². The summed E-state index contributed by atoms with van der Waals surface area (Å²) in [5.41, 5.74) is 0.274. The van der Waals surface area contributed by atoms with E-state index in [9.17, 15) is 14.4 Å². The quantitative estimate of drug-likeness (QED) is 0.271. The van der Waals surface area contributed by atoms with E-state index in [4.69, 9.17) is 14.2 Å². The molecule has 2 aromatic heterocycles. The highest BCUT2D eigenvalue weighted by Crippen LogP contribution is 2.39. The van der Waals surface area contributed by atoms with Crippen LogP contribution in [0.5, 0.6) is 17.2 Å². The fraction of sp³-hybridized carbons (Fsp3) is 0.250. The van der Waals surface area contributed by atoms with Gasteiger partial charge in [0.1, 0.15) is 5.82 Å². The molecular weight excluding hydrogens is 440 g/mol. The van der Waals surface area contributed by atoms with Crippen LogP contribution in [-0.2, 0) is 24.9 Å². The van der Waals surface area contributed by atoms with Crippen LogP contribution < -0.4 is 25.5 Å². The van der Waals surface area contributed by atoms with Gasteiger partial charge in [-0.3, -0.25) is 18.7 Å². The van der Waals surface area contributed by atoms with E-state index in [1.54, 1.807) is 42.0 Å². The molecule has 3 aromatic rings. The average Bonchev–Trinajstić information content (AvgIpc) is 3.14. The molecule has 178 valence electrons. The van der Waals surface area contributed by atoms with Crippen LogP contribution in [0.4, 0.5) is 0 Å². The summed E-state index contributed by atoms with van der Waals surface area (Å²) in [6, 6.07) is 3.34. The van der Waals surface area contributed by atoms with Gasteiger partial charge in [0.05, 0.1) is 14.2 Å². The second-order valence-corrected chi connectivity index (χ2v) is 7.27. The SMILES string of the molecule is C=CCn1c(=O)c2c(nc(C=Cc3cc(OC)c(OC(C)=O)c(OC)c3)n2C)n(CC=C)c1=O. The number of benzene rings is 1. The molecule has 0 amide bonds. The zero-order valence-corrected chi connectivity index (χ0v) is 19.5. The lowest BCUT2D eigenvalue weighted by Crippen LogP contribution is -2.40. The van der Waals surface area contributed by atoms with Crippen LogP contribution in [0, 0.1) is 0 Å². The maximum absolute atomic E-state index is 13.0. The molecule has 0 radical (unpaired) electrons. The maximum Gasteiger partial charge on any atom is 0.333 e. The van der Waals surface area contributed by atoms with E-state index in [1.165, 1.54) is 31.8 Å². The highest BCUT2D eigenvalue weighted by atomic mass is 16.6. The van der Waals surface area contributed by atoms with Crippen molar-refractivity contribution in [3.63, 3.8) is 0 Å². The van der Waals surface area contributed by atoms with Gasteiger partial charge >= 0.3 is 11.7 Å². The van der Waals surface area contributed by atoms with Crippen LogP contribution >= 0.6 is 0 Å². The van der Waals surface area contributed by atoms with Crippen LogP contribution in [0.25, 0.3) is 23.3 Å². The number of fused-ring (bicyclic) bond motifs is 1. The number of esters is 1. The van der Waals surface area contributed by atoms with Gasteiger partial charge in [-0.05, 0) is 23.8 Å². The third-order valence-electron chi connectivity index (χ3n) is 5.05. The molecule has 0 atom stereocenters. The minimum Gasteiger partial charge on any atom is -0.493 e. The first-order chi connectivity index (χ1) is 16.3. The number of imidazole rings is 1. The largest absolute Gasteiger partial charge is 0.493 e. The second-order valence-electron chi connectivity index (χ2n) is 7.27. The molecule has 1 aromatic carbocycles. The third kappa shape index (κ3) is 4.42. The number of allylic oxidation sites excluding steroid dienone is 2. The number of methoxy groups -OCH3 is 2. The van der Waals surface area contributed by atoms with Crippen molar-refractivity contribution >= 4 is 29.3 Å². The van der Waals surface area contributed by atoms with Crippen molar-refractivity contribution in [1.29, 1.82) is 0 Å². The summed E-state index contributed by atoms with van der Waals surface area (Å²) in [7, 11) is 4.60. The number of ether oxygens (including phenoxy) is 3. The number of aryl methyl sites for hydroxylation is 1. The Kier molecular flexibility index (Phi) is 7.20. The van der Waals surface area contributed by atoms with Crippen molar-refractivity contribution in [3.05, 3.63) is 69.7 Å². The van der Waals surface area contributed by atoms with Gasteiger partial charge in [0, 0.05) is 27.1 Å². The molecule has 0 unspecified atom stereocenters. The summed E-state index contributed by atoms with van der Waals surface area (Å²) in [5.74, 6) is 0.737. The number of aromatic nitrogens is 4. The summed E-state index contributed by atoms with van der Waals surface area (Å²) in [6.07, 6.45) is 6.49. The molecule has 10 nitrogen and oxygen atoms in total. The summed E-state index contributed by atoms with van der Waals surface area (Å²) < 4.78 is 20.0. The molecule has 0 saturated carbocycles.